The highest BCUT2D eigenvalue weighted by Crippen LogP contribution is 2.40. The van der Waals surface area contributed by atoms with Gasteiger partial charge in [-0.15, -0.1) is 0 Å². The number of nitrogens with zero attached hydrogens (tertiary/aromatic N) is 2. The van der Waals surface area contributed by atoms with E-state index in [9.17, 15) is 30.3 Å². The molecule has 5 N–H and O–H groups in total. The lowest BCUT2D eigenvalue weighted by Crippen LogP contribution is -2.60. The average Bonchev–Trinajstić information content (AvgIpc) is 3.05. The first-order chi connectivity index (χ1) is 23.9. The molecule has 14 nitrogen and oxygen atoms in total. The summed E-state index contributed by atoms with van der Waals surface area (Å²) in [6, 6.07) is -0.808. The second kappa shape index (κ2) is 17.8. The van der Waals surface area contributed by atoms with Crippen molar-refractivity contribution in [1.82, 2.24) is 9.80 Å². The first kappa shape index (κ1) is 45.4. The van der Waals surface area contributed by atoms with Gasteiger partial charge in [0.25, 0.3) is 0 Å². The van der Waals surface area contributed by atoms with E-state index in [1.165, 1.54) is 14.0 Å². The van der Waals surface area contributed by atoms with Crippen molar-refractivity contribution in [2.75, 3.05) is 34.8 Å². The van der Waals surface area contributed by atoms with Gasteiger partial charge in [-0.1, -0.05) is 20.8 Å². The second-order valence-corrected chi connectivity index (χ2v) is 17.2. The zero-order valence-electron chi connectivity index (χ0n) is 34.2. The fourth-order valence-corrected chi connectivity index (χ4v) is 8.74. The van der Waals surface area contributed by atoms with Gasteiger partial charge >= 0.3 is 5.97 Å². The molecule has 18 atom stereocenters. The summed E-state index contributed by atoms with van der Waals surface area (Å²) in [6.07, 6.45) is -8.19. The molecule has 0 aromatic carbocycles. The van der Waals surface area contributed by atoms with E-state index in [1.54, 1.807) is 41.5 Å². The Kier molecular flexibility index (Phi) is 15.6. The molecule has 3 heterocycles. The fraction of sp³-hybridized carbons (Fsp3) is 0.974. The molecule has 0 aromatic heterocycles. The Bertz CT molecular complexity index is 1140. The van der Waals surface area contributed by atoms with Gasteiger partial charge in [0.2, 0.25) is 0 Å². The largest absolute Gasteiger partial charge is 0.459 e. The number of ether oxygens (including phenoxy) is 6. The van der Waals surface area contributed by atoms with Crippen molar-refractivity contribution in [1.29, 1.82) is 0 Å². The van der Waals surface area contributed by atoms with Crippen molar-refractivity contribution in [3.8, 4) is 0 Å². The molecule has 3 aliphatic rings. The minimum absolute atomic E-state index is 0.133. The number of aliphatic hydroxyl groups excluding tert-OH is 3. The molecule has 3 aliphatic heterocycles. The summed E-state index contributed by atoms with van der Waals surface area (Å²) >= 11 is 0. The number of methoxy groups -OCH3 is 1. The van der Waals surface area contributed by atoms with Gasteiger partial charge in [-0.3, -0.25) is 4.79 Å². The molecule has 14 heteroatoms. The maximum absolute atomic E-state index is 14.2. The van der Waals surface area contributed by atoms with E-state index in [0.29, 0.717) is 13.0 Å². The Morgan fingerprint density at radius 3 is 2.12 bits per heavy atom. The summed E-state index contributed by atoms with van der Waals surface area (Å²) in [5, 5.41) is 58.1. The van der Waals surface area contributed by atoms with E-state index in [2.05, 4.69) is 0 Å². The molecule has 0 spiro atoms. The summed E-state index contributed by atoms with van der Waals surface area (Å²) in [6.45, 7) is 18.0. The first-order valence-corrected chi connectivity index (χ1v) is 19.1. The Hall–Kier alpha value is -1.01. The van der Waals surface area contributed by atoms with Crippen LogP contribution < -0.4 is 0 Å². The van der Waals surface area contributed by atoms with Gasteiger partial charge in [-0.05, 0) is 94.8 Å². The van der Waals surface area contributed by atoms with Crippen LogP contribution >= 0.6 is 0 Å². The molecule has 3 fully saturated rings. The van der Waals surface area contributed by atoms with Crippen LogP contribution in [0.1, 0.15) is 94.9 Å². The van der Waals surface area contributed by atoms with Crippen molar-refractivity contribution < 1.29 is 58.7 Å². The van der Waals surface area contributed by atoms with Gasteiger partial charge in [0.05, 0.1) is 41.5 Å². The van der Waals surface area contributed by atoms with Crippen molar-refractivity contribution >= 4 is 5.97 Å². The van der Waals surface area contributed by atoms with Crippen LogP contribution in [0.25, 0.3) is 0 Å². The molecule has 0 saturated carbocycles. The topological polar surface area (TPSA) is 180 Å². The van der Waals surface area contributed by atoms with Crippen molar-refractivity contribution in [2.45, 2.75) is 185 Å². The molecular weight excluding hydrogens is 676 g/mol. The highest BCUT2D eigenvalue weighted by atomic mass is 16.7. The number of esters is 1. The van der Waals surface area contributed by atoms with Gasteiger partial charge < -0.3 is 63.8 Å². The predicted octanol–water partition coefficient (Wildman–Crippen LogP) is 1.90. The lowest BCUT2D eigenvalue weighted by molar-refractivity contribution is -0.318. The van der Waals surface area contributed by atoms with Gasteiger partial charge in [-0.25, -0.2) is 0 Å². The van der Waals surface area contributed by atoms with Crippen LogP contribution in [0.15, 0.2) is 0 Å². The number of cyclic esters (lactones) is 1. The van der Waals surface area contributed by atoms with E-state index >= 15 is 0 Å². The lowest BCUT2D eigenvalue weighted by Gasteiger charge is -2.48. The van der Waals surface area contributed by atoms with E-state index < -0.39 is 96.0 Å². The highest BCUT2D eigenvalue weighted by molar-refractivity contribution is 5.73. The normalized spacial score (nSPS) is 49.6. The van der Waals surface area contributed by atoms with Gasteiger partial charge in [-0.2, -0.15) is 0 Å². The number of rotatable bonds is 7. The van der Waals surface area contributed by atoms with Gasteiger partial charge in [0.15, 0.2) is 12.6 Å². The highest BCUT2D eigenvalue weighted by Gasteiger charge is 2.52. The van der Waals surface area contributed by atoms with Crippen LogP contribution in [0.5, 0.6) is 0 Å². The summed E-state index contributed by atoms with van der Waals surface area (Å²) in [5.74, 6) is -2.58. The predicted molar refractivity (Wildman–Crippen MR) is 194 cm³/mol. The Labute approximate surface area is 312 Å². The quantitative estimate of drug-likeness (QED) is 0.238. The van der Waals surface area contributed by atoms with Crippen molar-refractivity contribution in [3.05, 3.63) is 0 Å². The monoisotopic (exact) mass is 749 g/mol. The smallest absolute Gasteiger partial charge is 0.311 e. The summed E-state index contributed by atoms with van der Waals surface area (Å²) in [4.78, 5) is 18.0. The number of likely N-dealkylation sites (N-methyl/N-ethyl adjacent to an activating group) is 2. The summed E-state index contributed by atoms with van der Waals surface area (Å²) < 4.78 is 37.5. The minimum Gasteiger partial charge on any atom is -0.459 e. The molecular formula is C38H72N2O12. The van der Waals surface area contributed by atoms with Crippen LogP contribution in [0, 0.1) is 17.8 Å². The van der Waals surface area contributed by atoms with Crippen LogP contribution in [-0.2, 0) is 33.2 Å². The molecule has 10 unspecified atom stereocenters. The maximum atomic E-state index is 14.2. The number of carbonyl (C=O) groups excluding carboxylic acids is 1. The Morgan fingerprint density at radius 1 is 0.942 bits per heavy atom. The molecule has 306 valence electrons. The van der Waals surface area contributed by atoms with E-state index in [4.69, 9.17) is 28.4 Å². The Morgan fingerprint density at radius 2 is 1.56 bits per heavy atom. The van der Waals surface area contributed by atoms with Gasteiger partial charge in [0, 0.05) is 38.1 Å². The summed E-state index contributed by atoms with van der Waals surface area (Å²) in [5.41, 5.74) is -4.37. The molecule has 52 heavy (non-hydrogen) atoms. The van der Waals surface area contributed by atoms with Crippen molar-refractivity contribution in [3.63, 3.8) is 0 Å². The third-order valence-electron chi connectivity index (χ3n) is 12.2. The van der Waals surface area contributed by atoms with Crippen molar-refractivity contribution in [2.24, 2.45) is 17.8 Å². The maximum Gasteiger partial charge on any atom is 0.311 e. The van der Waals surface area contributed by atoms with Crippen LogP contribution in [0.4, 0.5) is 0 Å². The fourth-order valence-electron chi connectivity index (χ4n) is 8.74. The van der Waals surface area contributed by atoms with Crippen LogP contribution in [-0.4, -0.2) is 166 Å². The van der Waals surface area contributed by atoms with E-state index in [0.717, 1.165) is 0 Å². The molecule has 3 saturated heterocycles. The van der Waals surface area contributed by atoms with Crippen LogP contribution in [0.2, 0.25) is 0 Å². The van der Waals surface area contributed by atoms with Gasteiger partial charge in [0.1, 0.15) is 30.0 Å². The number of hydrogen-bond acceptors (Lipinski definition) is 14. The molecule has 0 radical (unpaired) electrons. The number of carbonyl (C=O) groups is 1. The zero-order chi connectivity index (χ0) is 39.7. The summed E-state index contributed by atoms with van der Waals surface area (Å²) in [7, 11) is 7.12. The standard InChI is InChI=1S/C38H72N2O12/c1-15-27-38(10,46)31(42)24(6)40(13)19-20(2)17-36(8,45)33(52-35-29(41)26(39(11)12)16-21(3)48-35)22(4)30(23(5)34(44)50-27)51-28-18-37(9,47-14)32(43)25(7)49-28/h20-33,35,41-43,45-46H,15-19H2,1-14H3/t20-,21?,22+,23-,24?,25?,26?,27-,28?,29?,30+,31-,32?,33-,35?,36-,37?,38?/m1/s1. The Balaban J connectivity index is 2.17. The molecule has 0 bridgehead atoms. The molecule has 0 aliphatic carbocycles. The molecule has 0 aromatic rings. The number of aliphatic hydroxyl groups is 5. The average molecular weight is 749 g/mol. The zero-order valence-corrected chi connectivity index (χ0v) is 34.2. The number of hydrogen-bond donors (Lipinski definition) is 5. The molecule has 3 rings (SSSR count). The minimum atomic E-state index is -1.80. The third-order valence-corrected chi connectivity index (χ3v) is 12.2. The first-order valence-electron chi connectivity index (χ1n) is 19.1. The van der Waals surface area contributed by atoms with E-state index in [-0.39, 0.29) is 37.3 Å². The second-order valence-electron chi connectivity index (χ2n) is 17.2. The molecule has 0 amide bonds. The lowest BCUT2D eigenvalue weighted by atomic mass is 9.77. The SMILES string of the molecule is CC[C@H]1OC(=O)[C@H](C)[C@@H](OC2CC(C)(OC)C(O)C(C)O2)[C@H](C)[C@@H](OC2OC(C)CC(N(C)C)C2O)[C@](C)(O)C[C@@H](C)CN(C)C(C)[C@@H](O)C1(C)O. The van der Waals surface area contributed by atoms with Crippen LogP contribution in [0.3, 0.4) is 0 Å². The third kappa shape index (κ3) is 10.0. The van der Waals surface area contributed by atoms with E-state index in [1.807, 2.05) is 51.7 Å².